The van der Waals surface area contributed by atoms with Crippen LogP contribution in [-0.4, -0.2) is 9.92 Å². The van der Waals surface area contributed by atoms with E-state index in [1.54, 1.807) is 12.1 Å². The van der Waals surface area contributed by atoms with E-state index >= 15 is 0 Å². The van der Waals surface area contributed by atoms with Crippen LogP contribution in [-0.2, 0) is 21.8 Å². The first-order chi connectivity index (χ1) is 11.0. The highest BCUT2D eigenvalue weighted by atomic mass is 32.2. The van der Waals surface area contributed by atoms with Crippen molar-refractivity contribution >= 4 is 16.8 Å². The van der Waals surface area contributed by atoms with E-state index in [0.29, 0.717) is 29.0 Å². The molecule has 0 amide bonds. The van der Waals surface area contributed by atoms with E-state index in [4.69, 9.17) is 4.28 Å². The number of fused-ring (bicyclic) bond motifs is 1. The monoisotopic (exact) mass is 335 g/mol. The zero-order chi connectivity index (χ0) is 16.4. The molecule has 0 aromatic heterocycles. The molecule has 3 nitrogen and oxygen atoms in total. The number of nitrogens with zero attached hydrogens (tertiary/aromatic N) is 1. The average molecular weight is 335 g/mol. The number of aryl methyl sites for hydroxylation is 2. The van der Waals surface area contributed by atoms with Gasteiger partial charge in [0, 0.05) is 11.6 Å². The molecule has 1 atom stereocenters. The van der Waals surface area contributed by atoms with E-state index in [-0.39, 0.29) is 5.56 Å². The molecule has 23 heavy (non-hydrogen) atoms. The molecule has 0 aliphatic heterocycles. The fourth-order valence-corrected chi connectivity index (χ4v) is 3.18. The van der Waals surface area contributed by atoms with Crippen LogP contribution in [0.1, 0.15) is 29.5 Å². The minimum atomic E-state index is -1.77. The summed E-state index contributed by atoms with van der Waals surface area (Å²) in [6.45, 7) is 1.93. The second-order valence-corrected chi connectivity index (χ2v) is 6.53. The van der Waals surface area contributed by atoms with Gasteiger partial charge in [0.25, 0.3) is 11.1 Å². The Morgan fingerprint density at radius 1 is 1.13 bits per heavy atom. The highest BCUT2D eigenvalue weighted by Crippen LogP contribution is 2.26. The highest BCUT2D eigenvalue weighted by molar-refractivity contribution is 7.80. The van der Waals surface area contributed by atoms with E-state index in [1.807, 2.05) is 19.1 Å². The molecule has 0 heterocycles. The smallest absolute Gasteiger partial charge is 0.265 e. The molecule has 120 valence electrons. The predicted octanol–water partition coefficient (Wildman–Crippen LogP) is 4.05. The first-order valence-corrected chi connectivity index (χ1v) is 8.33. The second kappa shape index (κ2) is 6.58. The van der Waals surface area contributed by atoms with Gasteiger partial charge in [-0.1, -0.05) is 22.9 Å². The minimum absolute atomic E-state index is 0.263. The van der Waals surface area contributed by atoms with Gasteiger partial charge in [0.05, 0.1) is 10.6 Å². The van der Waals surface area contributed by atoms with Crippen molar-refractivity contribution in [2.45, 2.75) is 31.1 Å². The van der Waals surface area contributed by atoms with Crippen LogP contribution in [0.2, 0.25) is 0 Å². The molecule has 0 saturated heterocycles. The van der Waals surface area contributed by atoms with Crippen molar-refractivity contribution in [1.29, 1.82) is 0 Å². The first-order valence-electron chi connectivity index (χ1n) is 7.25. The normalized spacial score (nSPS) is 16.9. The summed E-state index contributed by atoms with van der Waals surface area (Å²) in [5, 5.41) is 3.87. The lowest BCUT2D eigenvalue weighted by atomic mass is 9.89. The number of oxime groups is 1. The Hall–Kier alpha value is -2.08. The van der Waals surface area contributed by atoms with Crippen LogP contribution in [0.4, 0.5) is 8.78 Å². The third kappa shape index (κ3) is 3.47. The quantitative estimate of drug-likeness (QED) is 0.794. The molecule has 3 rings (SSSR count). The van der Waals surface area contributed by atoms with Gasteiger partial charge in [-0.25, -0.2) is 13.0 Å². The molecule has 1 aliphatic carbocycles. The topological polar surface area (TPSA) is 38.7 Å². The van der Waals surface area contributed by atoms with E-state index < -0.39 is 22.7 Å². The Labute approximate surface area is 135 Å². The van der Waals surface area contributed by atoms with Crippen molar-refractivity contribution in [2.75, 3.05) is 0 Å². The zero-order valence-corrected chi connectivity index (χ0v) is 13.3. The van der Waals surface area contributed by atoms with Crippen LogP contribution in [0.3, 0.4) is 0 Å². The lowest BCUT2D eigenvalue weighted by Crippen LogP contribution is -2.15. The summed E-state index contributed by atoms with van der Waals surface area (Å²) in [7, 11) is 0. The fourth-order valence-electron chi connectivity index (χ4n) is 2.58. The van der Waals surface area contributed by atoms with Gasteiger partial charge in [-0.05, 0) is 49.9 Å². The van der Waals surface area contributed by atoms with Gasteiger partial charge >= 0.3 is 0 Å². The van der Waals surface area contributed by atoms with Crippen LogP contribution in [0.15, 0.2) is 46.4 Å². The van der Waals surface area contributed by atoms with Crippen molar-refractivity contribution in [3.63, 3.8) is 0 Å². The van der Waals surface area contributed by atoms with Crippen LogP contribution >= 0.6 is 0 Å². The standard InChI is InChI=1S/C17H15F2NO2S/c1-11-5-7-14(8-6-11)23(21)22-20-16-4-2-3-12-9-13(18)10-15(19)17(12)16/h5-10H,2-4H2,1H3/b20-16+. The summed E-state index contributed by atoms with van der Waals surface area (Å²) < 4.78 is 44.4. The Morgan fingerprint density at radius 2 is 1.87 bits per heavy atom. The molecule has 0 N–H and O–H groups in total. The van der Waals surface area contributed by atoms with Crippen LogP contribution in [0, 0.1) is 18.6 Å². The molecule has 0 bridgehead atoms. The van der Waals surface area contributed by atoms with Gasteiger partial charge < -0.3 is 0 Å². The molecule has 0 fully saturated rings. The molecule has 0 saturated carbocycles. The summed E-state index contributed by atoms with van der Waals surface area (Å²) in [6, 6.07) is 9.16. The Morgan fingerprint density at radius 3 is 2.61 bits per heavy atom. The van der Waals surface area contributed by atoms with E-state index in [0.717, 1.165) is 18.1 Å². The third-order valence-corrected chi connectivity index (χ3v) is 4.58. The number of hydrogen-bond donors (Lipinski definition) is 0. The summed E-state index contributed by atoms with van der Waals surface area (Å²) in [5.74, 6) is -1.27. The molecule has 2 aromatic rings. The lowest BCUT2D eigenvalue weighted by Gasteiger charge is -2.17. The van der Waals surface area contributed by atoms with E-state index in [1.165, 1.54) is 6.07 Å². The Kier molecular flexibility index (Phi) is 4.52. The fraction of sp³-hybridized carbons (Fsp3) is 0.235. The zero-order valence-electron chi connectivity index (χ0n) is 12.5. The maximum Gasteiger partial charge on any atom is 0.265 e. The van der Waals surface area contributed by atoms with Crippen molar-refractivity contribution in [2.24, 2.45) is 5.16 Å². The van der Waals surface area contributed by atoms with Crippen LogP contribution < -0.4 is 0 Å². The molecule has 1 aliphatic rings. The van der Waals surface area contributed by atoms with Crippen LogP contribution in [0.5, 0.6) is 0 Å². The summed E-state index contributed by atoms with van der Waals surface area (Å²) in [6.07, 6.45) is 1.81. The maximum atomic E-state index is 14.0. The van der Waals surface area contributed by atoms with Crippen molar-refractivity contribution in [1.82, 2.24) is 0 Å². The average Bonchev–Trinajstić information content (AvgIpc) is 2.52. The largest absolute Gasteiger partial charge is 0.287 e. The maximum absolute atomic E-state index is 14.0. The molecule has 1 unspecified atom stereocenters. The van der Waals surface area contributed by atoms with Gasteiger partial charge in [0.15, 0.2) is 0 Å². The third-order valence-electron chi connectivity index (χ3n) is 3.71. The Bertz CT molecular complexity index is 788. The number of halogens is 2. The molecule has 0 radical (unpaired) electrons. The van der Waals surface area contributed by atoms with Gasteiger partial charge in [-0.2, -0.15) is 0 Å². The highest BCUT2D eigenvalue weighted by Gasteiger charge is 2.22. The lowest BCUT2D eigenvalue weighted by molar-refractivity contribution is 0.371. The number of rotatable bonds is 3. The number of hydrogen-bond acceptors (Lipinski definition) is 3. The molecule has 2 aromatic carbocycles. The predicted molar refractivity (Wildman–Crippen MR) is 84.5 cm³/mol. The molecule has 0 spiro atoms. The van der Waals surface area contributed by atoms with Crippen molar-refractivity contribution in [3.8, 4) is 0 Å². The molecule has 6 heteroatoms. The summed E-state index contributed by atoms with van der Waals surface area (Å²) >= 11 is -1.77. The molecular formula is C17H15F2NO2S. The second-order valence-electron chi connectivity index (χ2n) is 5.44. The van der Waals surface area contributed by atoms with Gasteiger partial charge in [-0.15, -0.1) is 0 Å². The summed E-state index contributed by atoms with van der Waals surface area (Å²) in [4.78, 5) is 0.482. The van der Waals surface area contributed by atoms with E-state index in [9.17, 15) is 13.0 Å². The summed E-state index contributed by atoms with van der Waals surface area (Å²) in [5.41, 5.74) is 2.24. The number of benzene rings is 2. The van der Waals surface area contributed by atoms with E-state index in [2.05, 4.69) is 5.16 Å². The first kappa shape index (κ1) is 15.8. The SMILES string of the molecule is Cc1ccc(S(=O)O/N=C2\CCCc3cc(F)cc(F)c32)cc1. The minimum Gasteiger partial charge on any atom is -0.287 e. The van der Waals surface area contributed by atoms with Crippen molar-refractivity contribution < 1.29 is 17.3 Å². The van der Waals surface area contributed by atoms with Gasteiger partial charge in [-0.3, -0.25) is 4.28 Å². The van der Waals surface area contributed by atoms with Crippen molar-refractivity contribution in [3.05, 3.63) is 64.7 Å². The van der Waals surface area contributed by atoms with Gasteiger partial charge in [0.1, 0.15) is 11.6 Å². The van der Waals surface area contributed by atoms with Crippen LogP contribution in [0.25, 0.3) is 0 Å². The molecular weight excluding hydrogens is 320 g/mol. The van der Waals surface area contributed by atoms with Gasteiger partial charge in [0.2, 0.25) is 0 Å². The Balaban J connectivity index is 1.85.